The van der Waals surface area contributed by atoms with Crippen molar-refractivity contribution < 1.29 is 10.2 Å². The Morgan fingerprint density at radius 3 is 1.56 bits per heavy atom. The second-order valence-electron chi connectivity index (χ2n) is 5.06. The third-order valence-corrected chi connectivity index (χ3v) is 2.51. The molecular formula is C14H18O2. The molecular weight excluding hydrogens is 200 g/mol. The molecule has 2 nitrogen and oxygen atoms in total. The third-order valence-electron chi connectivity index (χ3n) is 2.51. The molecule has 2 N–H and O–H groups in total. The molecule has 0 unspecified atom stereocenters. The molecule has 0 spiro atoms. The first-order valence-corrected chi connectivity index (χ1v) is 5.22. The summed E-state index contributed by atoms with van der Waals surface area (Å²) in [6.07, 6.45) is 5.36. The first kappa shape index (κ1) is 12.8. The Labute approximate surface area is 96.9 Å². The van der Waals surface area contributed by atoms with E-state index >= 15 is 0 Å². The van der Waals surface area contributed by atoms with Crippen molar-refractivity contribution in [2.75, 3.05) is 0 Å². The van der Waals surface area contributed by atoms with Crippen molar-refractivity contribution in [3.63, 3.8) is 0 Å². The lowest BCUT2D eigenvalue weighted by Crippen LogP contribution is -2.20. The zero-order valence-electron chi connectivity index (χ0n) is 10.2. The zero-order valence-corrected chi connectivity index (χ0v) is 10.2. The number of rotatable bonds is 2. The molecule has 0 saturated heterocycles. The maximum absolute atomic E-state index is 9.95. The molecule has 0 aromatic heterocycles. The fraction of sp³-hybridized carbons (Fsp3) is 0.429. The molecule has 0 aliphatic carbocycles. The molecule has 86 valence electrons. The van der Waals surface area contributed by atoms with Crippen LogP contribution in [-0.2, 0) is 11.2 Å². The second kappa shape index (κ2) is 3.93. The Morgan fingerprint density at radius 1 is 0.938 bits per heavy atom. The summed E-state index contributed by atoms with van der Waals surface area (Å²) in [5.41, 5.74) is 0.150. The summed E-state index contributed by atoms with van der Waals surface area (Å²) in [5.74, 6) is 2.53. The highest BCUT2D eigenvalue weighted by Gasteiger charge is 2.22. The maximum Gasteiger partial charge on any atom is 0.0841 e. The minimum Gasteiger partial charge on any atom is -0.386 e. The maximum atomic E-state index is 9.95. The molecule has 1 aromatic carbocycles. The lowest BCUT2D eigenvalue weighted by atomic mass is 9.89. The van der Waals surface area contributed by atoms with E-state index in [1.165, 1.54) is 0 Å². The average molecular weight is 218 g/mol. The van der Waals surface area contributed by atoms with E-state index in [-0.39, 0.29) is 0 Å². The van der Waals surface area contributed by atoms with E-state index in [1.807, 2.05) is 0 Å². The highest BCUT2D eigenvalue weighted by atomic mass is 16.3. The minimum absolute atomic E-state index is 0.664. The molecule has 2 heteroatoms. The van der Waals surface area contributed by atoms with Gasteiger partial charge in [-0.25, -0.2) is 0 Å². The van der Waals surface area contributed by atoms with E-state index in [9.17, 15) is 10.2 Å². The number of benzene rings is 1. The standard InChI is InChI=1S/C14H18O2/c1-6-10-7-11(13(2,3)15)9-12(8-10)14(4,5)16/h1,7-9,15-16H,2-5H3. The van der Waals surface area contributed by atoms with E-state index in [4.69, 9.17) is 6.42 Å². The van der Waals surface area contributed by atoms with E-state index in [0.29, 0.717) is 16.7 Å². The van der Waals surface area contributed by atoms with Crippen LogP contribution in [0.5, 0.6) is 0 Å². The van der Waals surface area contributed by atoms with Crippen molar-refractivity contribution >= 4 is 0 Å². The molecule has 0 fully saturated rings. The monoisotopic (exact) mass is 218 g/mol. The number of hydrogen-bond acceptors (Lipinski definition) is 2. The predicted octanol–water partition coefficient (Wildman–Crippen LogP) is 2.12. The topological polar surface area (TPSA) is 40.5 Å². The van der Waals surface area contributed by atoms with Gasteiger partial charge in [0, 0.05) is 5.56 Å². The summed E-state index contributed by atoms with van der Waals surface area (Å²) in [6.45, 7) is 6.77. The fourth-order valence-corrected chi connectivity index (χ4v) is 1.42. The second-order valence-corrected chi connectivity index (χ2v) is 5.06. The molecule has 1 aromatic rings. The van der Waals surface area contributed by atoms with Crippen molar-refractivity contribution in [2.24, 2.45) is 0 Å². The average Bonchev–Trinajstić information content (AvgIpc) is 2.14. The van der Waals surface area contributed by atoms with Gasteiger partial charge in [-0.05, 0) is 51.0 Å². The zero-order chi connectivity index (χ0) is 12.6. The summed E-state index contributed by atoms with van der Waals surface area (Å²) in [4.78, 5) is 0. The van der Waals surface area contributed by atoms with Crippen LogP contribution in [0.15, 0.2) is 18.2 Å². The highest BCUT2D eigenvalue weighted by Crippen LogP contribution is 2.27. The summed E-state index contributed by atoms with van der Waals surface area (Å²) < 4.78 is 0. The minimum atomic E-state index is -0.965. The van der Waals surface area contributed by atoms with E-state index in [0.717, 1.165) is 0 Å². The summed E-state index contributed by atoms with van der Waals surface area (Å²) >= 11 is 0. The number of terminal acetylenes is 1. The van der Waals surface area contributed by atoms with Crippen LogP contribution < -0.4 is 0 Å². The molecule has 16 heavy (non-hydrogen) atoms. The molecule has 0 aliphatic heterocycles. The Kier molecular flexibility index (Phi) is 3.14. The summed E-state index contributed by atoms with van der Waals surface area (Å²) in [5, 5.41) is 19.9. The van der Waals surface area contributed by atoms with Crippen molar-refractivity contribution in [2.45, 2.75) is 38.9 Å². The van der Waals surface area contributed by atoms with Gasteiger partial charge < -0.3 is 10.2 Å². The van der Waals surface area contributed by atoms with Crippen molar-refractivity contribution in [1.82, 2.24) is 0 Å². The van der Waals surface area contributed by atoms with E-state index in [2.05, 4.69) is 5.92 Å². The van der Waals surface area contributed by atoms with Crippen LogP contribution in [0.2, 0.25) is 0 Å². The molecule has 0 aliphatic rings. The molecule has 0 saturated carbocycles. The Morgan fingerprint density at radius 2 is 1.31 bits per heavy atom. The van der Waals surface area contributed by atoms with Gasteiger partial charge in [-0.3, -0.25) is 0 Å². The lowest BCUT2D eigenvalue weighted by molar-refractivity contribution is 0.0717. The van der Waals surface area contributed by atoms with E-state index < -0.39 is 11.2 Å². The highest BCUT2D eigenvalue weighted by molar-refractivity contribution is 5.42. The molecule has 0 amide bonds. The van der Waals surface area contributed by atoms with E-state index in [1.54, 1.807) is 45.9 Å². The molecule has 0 atom stereocenters. The molecule has 0 bridgehead atoms. The van der Waals surface area contributed by atoms with Crippen LogP contribution in [0.1, 0.15) is 44.4 Å². The van der Waals surface area contributed by atoms with Crippen LogP contribution in [0.3, 0.4) is 0 Å². The van der Waals surface area contributed by atoms with Crippen molar-refractivity contribution in [3.8, 4) is 12.3 Å². The van der Waals surface area contributed by atoms with Crippen LogP contribution in [0.4, 0.5) is 0 Å². The van der Waals surface area contributed by atoms with Crippen LogP contribution >= 0.6 is 0 Å². The predicted molar refractivity (Wildman–Crippen MR) is 64.9 cm³/mol. The van der Waals surface area contributed by atoms with Gasteiger partial charge in [0.05, 0.1) is 11.2 Å². The van der Waals surface area contributed by atoms with Gasteiger partial charge in [0.25, 0.3) is 0 Å². The first-order valence-electron chi connectivity index (χ1n) is 5.22. The third kappa shape index (κ3) is 2.85. The quantitative estimate of drug-likeness (QED) is 0.746. The van der Waals surface area contributed by atoms with Gasteiger partial charge in [-0.15, -0.1) is 6.42 Å². The SMILES string of the molecule is C#Cc1cc(C(C)(C)O)cc(C(C)(C)O)c1. The largest absolute Gasteiger partial charge is 0.386 e. The van der Waals surface area contributed by atoms with Crippen LogP contribution in [0.25, 0.3) is 0 Å². The van der Waals surface area contributed by atoms with Gasteiger partial charge in [0.1, 0.15) is 0 Å². The summed E-state index contributed by atoms with van der Waals surface area (Å²) in [6, 6.07) is 5.30. The Balaban J connectivity index is 3.41. The molecule has 0 heterocycles. The van der Waals surface area contributed by atoms with Crippen molar-refractivity contribution in [1.29, 1.82) is 0 Å². The van der Waals surface area contributed by atoms with Crippen LogP contribution in [0, 0.1) is 12.3 Å². The Hall–Kier alpha value is -1.30. The summed E-state index contributed by atoms with van der Waals surface area (Å²) in [7, 11) is 0. The van der Waals surface area contributed by atoms with Crippen molar-refractivity contribution in [3.05, 3.63) is 34.9 Å². The molecule has 1 rings (SSSR count). The van der Waals surface area contributed by atoms with Gasteiger partial charge in [-0.2, -0.15) is 0 Å². The first-order chi connectivity index (χ1) is 7.14. The smallest absolute Gasteiger partial charge is 0.0841 e. The van der Waals surface area contributed by atoms with Crippen LogP contribution in [-0.4, -0.2) is 10.2 Å². The van der Waals surface area contributed by atoms with Gasteiger partial charge in [0.2, 0.25) is 0 Å². The number of aliphatic hydroxyl groups is 2. The lowest BCUT2D eigenvalue weighted by Gasteiger charge is -2.23. The normalized spacial score (nSPS) is 12.3. The van der Waals surface area contributed by atoms with Gasteiger partial charge >= 0.3 is 0 Å². The fourth-order valence-electron chi connectivity index (χ4n) is 1.42. The van der Waals surface area contributed by atoms with Gasteiger partial charge in [-0.1, -0.05) is 12.0 Å². The molecule has 0 radical (unpaired) electrons. The number of hydrogen-bond donors (Lipinski definition) is 2. The van der Waals surface area contributed by atoms with Gasteiger partial charge in [0.15, 0.2) is 0 Å². The Bertz CT molecular complexity index is 393.